The molecule has 0 N–H and O–H groups in total. The van der Waals surface area contributed by atoms with Crippen molar-refractivity contribution < 1.29 is 21.4 Å². The van der Waals surface area contributed by atoms with E-state index < -0.39 is 21.4 Å². The summed E-state index contributed by atoms with van der Waals surface area (Å²) in [6.45, 7) is 0. The van der Waals surface area contributed by atoms with E-state index in [2.05, 4.69) is 72.8 Å². The van der Waals surface area contributed by atoms with Gasteiger partial charge in [-0.05, 0) is 0 Å². The molecule has 1 heterocycles. The van der Waals surface area contributed by atoms with Crippen molar-refractivity contribution in [1.82, 2.24) is 0 Å². The third-order valence-corrected chi connectivity index (χ3v) is 10.6. The molecule has 2 aromatic carbocycles. The topological polar surface area (TPSA) is 0 Å². The van der Waals surface area contributed by atoms with Gasteiger partial charge in [-0.2, -0.15) is 0 Å². The molecule has 22 heavy (non-hydrogen) atoms. The molecular formula is C21H19Sc. The van der Waals surface area contributed by atoms with Gasteiger partial charge in [-0.25, -0.2) is 0 Å². The van der Waals surface area contributed by atoms with Gasteiger partial charge in [-0.1, -0.05) is 0 Å². The fourth-order valence-electron chi connectivity index (χ4n) is 4.52. The van der Waals surface area contributed by atoms with E-state index in [0.29, 0.717) is 11.8 Å². The summed E-state index contributed by atoms with van der Waals surface area (Å²) in [7, 11) is 0. The number of hydrogen-bond donors (Lipinski definition) is 0. The van der Waals surface area contributed by atoms with Gasteiger partial charge in [0, 0.05) is 0 Å². The second kappa shape index (κ2) is 5.16. The van der Waals surface area contributed by atoms with Crippen LogP contribution in [0.3, 0.4) is 0 Å². The third kappa shape index (κ3) is 2.06. The first-order chi connectivity index (χ1) is 10.9. The molecule has 0 aromatic heterocycles. The molecule has 1 heteroatoms. The first kappa shape index (κ1) is 13.2. The van der Waals surface area contributed by atoms with Gasteiger partial charge in [-0.3, -0.25) is 0 Å². The Kier molecular flexibility index (Phi) is 3.11. The van der Waals surface area contributed by atoms with Crippen LogP contribution in [0, 0.1) is 0 Å². The zero-order valence-corrected chi connectivity index (χ0v) is 14.5. The van der Waals surface area contributed by atoms with Crippen molar-refractivity contribution in [2.45, 2.75) is 23.9 Å². The number of allylic oxidation sites excluding steroid dienone is 2. The van der Waals surface area contributed by atoms with Crippen LogP contribution in [0.4, 0.5) is 0 Å². The molecule has 0 spiro atoms. The van der Waals surface area contributed by atoms with E-state index in [-0.39, 0.29) is 0 Å². The van der Waals surface area contributed by atoms with Crippen LogP contribution < -0.4 is 0 Å². The molecule has 106 valence electrons. The first-order valence-electron chi connectivity index (χ1n) is 8.46. The van der Waals surface area contributed by atoms with Gasteiger partial charge in [-0.15, -0.1) is 0 Å². The Morgan fingerprint density at radius 1 is 0.727 bits per heavy atom. The predicted octanol–water partition coefficient (Wildman–Crippen LogP) is 5.86. The van der Waals surface area contributed by atoms with Crippen LogP contribution in [0.5, 0.6) is 0 Å². The molecule has 2 aliphatic carbocycles. The number of fused-ring (bicyclic) bond motifs is 2. The summed E-state index contributed by atoms with van der Waals surface area (Å²) in [5.41, 5.74) is 6.08. The Bertz CT molecular complexity index is 720. The quantitative estimate of drug-likeness (QED) is 0.665. The Hall–Kier alpha value is -1.21. The number of hydrogen-bond acceptors (Lipinski definition) is 0. The molecule has 0 bridgehead atoms. The molecule has 3 aliphatic rings. The van der Waals surface area contributed by atoms with Crippen LogP contribution in [0.2, 0.25) is 12.0 Å². The van der Waals surface area contributed by atoms with Crippen LogP contribution in [0.1, 0.15) is 34.1 Å². The Labute approximate surface area is 140 Å². The maximum absolute atomic E-state index is 2.51. The second-order valence-corrected chi connectivity index (χ2v) is 12.3. The van der Waals surface area contributed by atoms with Crippen LogP contribution in [0.25, 0.3) is 12.2 Å². The molecule has 1 fully saturated rings. The van der Waals surface area contributed by atoms with Crippen molar-refractivity contribution in [3.8, 4) is 0 Å². The molecule has 0 saturated carbocycles. The van der Waals surface area contributed by atoms with Gasteiger partial charge in [0.05, 0.1) is 0 Å². The summed E-state index contributed by atoms with van der Waals surface area (Å²) in [4.78, 5) is 0. The van der Waals surface area contributed by atoms with Crippen molar-refractivity contribution in [1.29, 1.82) is 0 Å². The summed E-state index contributed by atoms with van der Waals surface area (Å²) < 4.78 is 4.10. The third-order valence-electron chi connectivity index (χ3n) is 5.67. The van der Waals surface area contributed by atoms with Gasteiger partial charge < -0.3 is 0 Å². The first-order valence-corrected chi connectivity index (χ1v) is 12.1. The summed E-state index contributed by atoms with van der Waals surface area (Å²) in [6, 6.07) is 18.1. The Morgan fingerprint density at radius 3 is 1.73 bits per heavy atom. The van der Waals surface area contributed by atoms with Crippen molar-refractivity contribution in [3.63, 3.8) is 0 Å². The summed E-state index contributed by atoms with van der Waals surface area (Å²) in [5.74, 6) is 1.34. The van der Waals surface area contributed by atoms with Crippen molar-refractivity contribution in [3.05, 3.63) is 82.9 Å². The summed E-state index contributed by atoms with van der Waals surface area (Å²) in [5, 5.41) is 0. The molecule has 2 atom stereocenters. The van der Waals surface area contributed by atoms with Gasteiger partial charge in [0.2, 0.25) is 0 Å². The fraction of sp³-hybridized carbons (Fsp3) is 0.238. The summed E-state index contributed by atoms with van der Waals surface area (Å²) >= 11 is -1.07. The zero-order chi connectivity index (χ0) is 14.5. The minimum absolute atomic E-state index is 0.671. The van der Waals surface area contributed by atoms with E-state index in [9.17, 15) is 0 Å². The number of rotatable bonds is 3. The average molecular weight is 316 g/mol. The Morgan fingerprint density at radius 2 is 1.23 bits per heavy atom. The molecule has 0 amide bonds. The van der Waals surface area contributed by atoms with Crippen LogP contribution in [-0.2, 0) is 21.4 Å². The van der Waals surface area contributed by atoms with Crippen LogP contribution >= 0.6 is 0 Å². The second-order valence-electron chi connectivity index (χ2n) is 6.94. The van der Waals surface area contributed by atoms with Crippen LogP contribution in [0.15, 0.2) is 60.7 Å². The summed E-state index contributed by atoms with van der Waals surface area (Å²) in [6.07, 6.45) is 9.74. The molecule has 0 nitrogen and oxygen atoms in total. The molecular weight excluding hydrogens is 297 g/mol. The van der Waals surface area contributed by atoms with Gasteiger partial charge in [0.25, 0.3) is 0 Å². The van der Waals surface area contributed by atoms with Gasteiger partial charge in [0.1, 0.15) is 0 Å². The van der Waals surface area contributed by atoms with Gasteiger partial charge in [0.15, 0.2) is 0 Å². The number of benzene rings is 2. The van der Waals surface area contributed by atoms with E-state index in [1.165, 1.54) is 11.1 Å². The van der Waals surface area contributed by atoms with Crippen molar-refractivity contribution in [2.24, 2.45) is 0 Å². The van der Waals surface area contributed by atoms with E-state index in [1.54, 1.807) is 19.5 Å². The van der Waals surface area contributed by atoms with E-state index >= 15 is 0 Å². The van der Waals surface area contributed by atoms with E-state index in [1.807, 2.05) is 0 Å². The molecule has 2 unspecified atom stereocenters. The minimum atomic E-state index is -1.07. The fourth-order valence-corrected chi connectivity index (χ4v) is 10.1. The molecule has 5 rings (SSSR count). The van der Waals surface area contributed by atoms with Crippen molar-refractivity contribution >= 4 is 12.2 Å². The van der Waals surface area contributed by atoms with E-state index in [0.717, 1.165) is 3.67 Å². The standard InChI is InChI=1S/C19H15.C2H4.Sc/c1-3-7-18-14(5-1)9-11-16(18)13-17-12-10-15-6-2-4-8-19(15)17;1-2;/h1-13,16-17H;1-2H2;. The van der Waals surface area contributed by atoms with Crippen molar-refractivity contribution in [2.75, 3.05) is 0 Å². The molecule has 1 saturated heterocycles. The normalized spacial score (nSPS) is 25.2. The van der Waals surface area contributed by atoms with Gasteiger partial charge >= 0.3 is 140 Å². The molecule has 0 radical (unpaired) electrons. The predicted molar refractivity (Wildman–Crippen MR) is 89.8 cm³/mol. The molecule has 2 aromatic rings. The SMILES string of the molecule is C1=CC([CH](C2C=Cc3ccccc32)[Sc]2[CH2][CH2]2)c2ccccc21. The zero-order valence-electron chi connectivity index (χ0n) is 12.7. The average Bonchev–Trinajstić information content (AvgIpc) is 3.17. The Balaban J connectivity index is 1.57. The van der Waals surface area contributed by atoms with E-state index in [4.69, 9.17) is 0 Å². The maximum atomic E-state index is 2.51. The monoisotopic (exact) mass is 316 g/mol. The van der Waals surface area contributed by atoms with Crippen LogP contribution in [-0.4, -0.2) is 0 Å². The molecule has 1 aliphatic heterocycles.